The van der Waals surface area contributed by atoms with Gasteiger partial charge in [-0.25, -0.2) is 8.42 Å². The Morgan fingerprint density at radius 3 is 2.76 bits per heavy atom. The van der Waals surface area contributed by atoms with E-state index >= 15 is 0 Å². The maximum Gasteiger partial charge on any atom is 0.150 e. The average Bonchev–Trinajstić information content (AvgIpc) is 2.98. The summed E-state index contributed by atoms with van der Waals surface area (Å²) in [5.74, 6) is -0.299. The van der Waals surface area contributed by atoms with Crippen molar-refractivity contribution in [3.63, 3.8) is 0 Å². The highest BCUT2D eigenvalue weighted by atomic mass is 32.2. The minimum absolute atomic E-state index is 0.299. The van der Waals surface area contributed by atoms with Crippen molar-refractivity contribution in [2.75, 3.05) is 25.1 Å². The second-order valence-corrected chi connectivity index (χ2v) is 8.62. The number of aliphatic hydroxyl groups is 1. The van der Waals surface area contributed by atoms with Gasteiger partial charge in [-0.2, -0.15) is 5.10 Å². The van der Waals surface area contributed by atoms with Crippen molar-refractivity contribution in [1.82, 2.24) is 14.7 Å². The van der Waals surface area contributed by atoms with Gasteiger partial charge in [0.25, 0.3) is 0 Å². The lowest BCUT2D eigenvalue weighted by Crippen LogP contribution is -2.33. The van der Waals surface area contributed by atoms with Crippen molar-refractivity contribution in [2.45, 2.75) is 19.2 Å². The van der Waals surface area contributed by atoms with E-state index in [4.69, 9.17) is 0 Å². The maximum atomic E-state index is 11.3. The molecule has 0 saturated carbocycles. The maximum absolute atomic E-state index is 11.3. The van der Waals surface area contributed by atoms with E-state index in [0.717, 1.165) is 38.1 Å². The fourth-order valence-electron chi connectivity index (χ4n) is 2.94. The van der Waals surface area contributed by atoms with Gasteiger partial charge in [0, 0.05) is 25.9 Å². The Bertz CT molecular complexity index is 844. The Hall–Kier alpha value is -1.96. The van der Waals surface area contributed by atoms with Gasteiger partial charge >= 0.3 is 0 Å². The molecule has 1 N–H and O–H groups in total. The van der Waals surface area contributed by atoms with Gasteiger partial charge < -0.3 is 5.11 Å². The molecule has 0 radical (unpaired) electrons. The van der Waals surface area contributed by atoms with Gasteiger partial charge in [-0.3, -0.25) is 9.58 Å². The normalized spacial score (nSPS) is 16.9. The average molecular weight is 361 g/mol. The second-order valence-electron chi connectivity index (χ2n) is 6.44. The molecule has 0 saturated heterocycles. The number of aromatic nitrogens is 2. The molecular weight excluding hydrogens is 338 g/mol. The summed E-state index contributed by atoms with van der Waals surface area (Å²) in [4.78, 5) is 2.29. The first-order valence-electron chi connectivity index (χ1n) is 8.27. The largest absolute Gasteiger partial charge is 0.386 e. The fourth-order valence-corrected chi connectivity index (χ4v) is 3.68. The molecule has 1 aromatic carbocycles. The van der Waals surface area contributed by atoms with E-state index in [9.17, 15) is 13.5 Å². The second kappa shape index (κ2) is 7.51. The van der Waals surface area contributed by atoms with Crippen LogP contribution in [0.15, 0.2) is 42.5 Å². The zero-order valence-corrected chi connectivity index (χ0v) is 15.1. The van der Waals surface area contributed by atoms with Gasteiger partial charge in [0.05, 0.1) is 23.7 Å². The molecule has 0 bridgehead atoms. The Morgan fingerprint density at radius 2 is 2.04 bits per heavy atom. The first-order chi connectivity index (χ1) is 11.9. The zero-order valence-electron chi connectivity index (χ0n) is 14.2. The number of sulfone groups is 1. The summed E-state index contributed by atoms with van der Waals surface area (Å²) in [6.45, 7) is 3.18. The Labute approximate surface area is 148 Å². The van der Waals surface area contributed by atoms with Crippen LogP contribution in [0.1, 0.15) is 23.1 Å². The van der Waals surface area contributed by atoms with Crippen LogP contribution in [0, 0.1) is 0 Å². The molecule has 2 aromatic rings. The fraction of sp³-hybridized carbons (Fsp3) is 0.389. The third-order valence-corrected chi connectivity index (χ3v) is 5.09. The van der Waals surface area contributed by atoms with Crippen LogP contribution in [0.3, 0.4) is 0 Å². The number of benzene rings is 1. The standard InChI is InChI=1S/C18H23N3O3S/c1-25(23,24)14-18(22)17-12-16-13-20(10-11-21(16)19-17)9-5-8-15-6-3-2-4-7-15/h2-8,12,18,22H,9-11,13-14H2,1H3. The van der Waals surface area contributed by atoms with Crippen molar-refractivity contribution < 1.29 is 13.5 Å². The quantitative estimate of drug-likeness (QED) is 0.844. The molecule has 2 heterocycles. The van der Waals surface area contributed by atoms with Crippen molar-refractivity contribution in [3.05, 3.63) is 59.4 Å². The monoisotopic (exact) mass is 361 g/mol. The molecule has 0 spiro atoms. The van der Waals surface area contributed by atoms with Gasteiger partial charge in [-0.1, -0.05) is 42.5 Å². The van der Waals surface area contributed by atoms with E-state index in [-0.39, 0.29) is 5.75 Å². The lowest BCUT2D eigenvalue weighted by molar-refractivity contribution is 0.194. The van der Waals surface area contributed by atoms with Gasteiger partial charge in [0.1, 0.15) is 15.9 Å². The molecule has 3 rings (SSSR count). The van der Waals surface area contributed by atoms with Gasteiger partial charge in [0.2, 0.25) is 0 Å². The van der Waals surface area contributed by atoms with Crippen molar-refractivity contribution in [2.24, 2.45) is 0 Å². The first kappa shape index (κ1) is 17.8. The topological polar surface area (TPSA) is 75.4 Å². The van der Waals surface area contributed by atoms with E-state index < -0.39 is 15.9 Å². The van der Waals surface area contributed by atoms with Crippen LogP contribution in [-0.2, 0) is 22.9 Å². The van der Waals surface area contributed by atoms with Gasteiger partial charge in [-0.15, -0.1) is 0 Å². The summed E-state index contributed by atoms with van der Waals surface area (Å²) in [7, 11) is -3.24. The summed E-state index contributed by atoms with van der Waals surface area (Å²) in [5, 5.41) is 14.4. The lowest BCUT2D eigenvalue weighted by Gasteiger charge is -2.26. The summed E-state index contributed by atoms with van der Waals surface area (Å²) >= 11 is 0. The zero-order chi connectivity index (χ0) is 17.9. The number of fused-ring (bicyclic) bond motifs is 1. The lowest BCUT2D eigenvalue weighted by atomic mass is 10.2. The Kier molecular flexibility index (Phi) is 5.36. The van der Waals surface area contributed by atoms with E-state index in [2.05, 4.69) is 34.3 Å². The van der Waals surface area contributed by atoms with Crippen LogP contribution >= 0.6 is 0 Å². The molecule has 1 atom stereocenters. The summed E-state index contributed by atoms with van der Waals surface area (Å²) in [6.07, 6.45) is 4.29. The Balaban J connectivity index is 1.61. The Morgan fingerprint density at radius 1 is 1.28 bits per heavy atom. The van der Waals surface area contributed by atoms with Crippen molar-refractivity contribution in [3.8, 4) is 0 Å². The molecule has 1 aromatic heterocycles. The number of aliphatic hydroxyl groups excluding tert-OH is 1. The molecule has 25 heavy (non-hydrogen) atoms. The molecular formula is C18H23N3O3S. The van der Waals surface area contributed by atoms with Crippen LogP contribution in [0.5, 0.6) is 0 Å². The summed E-state index contributed by atoms with van der Waals surface area (Å²) < 4.78 is 24.5. The predicted molar refractivity (Wildman–Crippen MR) is 97.7 cm³/mol. The molecule has 6 nitrogen and oxygen atoms in total. The SMILES string of the molecule is CS(=O)(=O)CC(O)c1cc2n(n1)CCN(CC=Cc1ccccc1)C2. The van der Waals surface area contributed by atoms with Gasteiger partial charge in [0.15, 0.2) is 0 Å². The van der Waals surface area contributed by atoms with Crippen molar-refractivity contribution >= 4 is 15.9 Å². The third-order valence-electron chi connectivity index (χ3n) is 4.17. The van der Waals surface area contributed by atoms with E-state index in [1.807, 2.05) is 28.9 Å². The highest BCUT2D eigenvalue weighted by Crippen LogP contribution is 2.19. The van der Waals surface area contributed by atoms with Gasteiger partial charge in [-0.05, 0) is 11.6 Å². The first-order valence-corrected chi connectivity index (χ1v) is 10.3. The highest BCUT2D eigenvalue weighted by molar-refractivity contribution is 7.90. The van der Waals surface area contributed by atoms with Crippen LogP contribution in [0.4, 0.5) is 0 Å². The minimum Gasteiger partial charge on any atom is -0.386 e. The smallest absolute Gasteiger partial charge is 0.150 e. The summed E-state index contributed by atoms with van der Waals surface area (Å²) in [6, 6.07) is 12.0. The number of rotatable bonds is 6. The van der Waals surface area contributed by atoms with E-state index in [1.54, 1.807) is 0 Å². The molecule has 1 aliphatic heterocycles. The number of hydrogen-bond acceptors (Lipinski definition) is 5. The van der Waals surface area contributed by atoms with Crippen molar-refractivity contribution in [1.29, 1.82) is 0 Å². The molecule has 1 aliphatic rings. The predicted octanol–water partition coefficient (Wildman–Crippen LogP) is 1.49. The molecule has 0 fully saturated rings. The number of hydrogen-bond donors (Lipinski definition) is 1. The molecule has 7 heteroatoms. The van der Waals surface area contributed by atoms with E-state index in [1.165, 1.54) is 5.56 Å². The summed E-state index contributed by atoms with van der Waals surface area (Å²) in [5.41, 5.74) is 2.61. The highest BCUT2D eigenvalue weighted by Gasteiger charge is 2.22. The third kappa shape index (κ3) is 5.01. The van der Waals surface area contributed by atoms with Crippen LogP contribution < -0.4 is 0 Å². The van der Waals surface area contributed by atoms with E-state index in [0.29, 0.717) is 5.69 Å². The van der Waals surface area contributed by atoms with Crippen LogP contribution in [0.2, 0.25) is 0 Å². The van der Waals surface area contributed by atoms with Crippen LogP contribution in [0.25, 0.3) is 6.08 Å². The molecule has 134 valence electrons. The molecule has 0 aliphatic carbocycles. The number of nitrogens with zero attached hydrogens (tertiary/aromatic N) is 3. The molecule has 0 amide bonds. The minimum atomic E-state index is -3.24. The molecule has 1 unspecified atom stereocenters. The van der Waals surface area contributed by atoms with Crippen LogP contribution in [-0.4, -0.2) is 53.3 Å².